The Morgan fingerprint density at radius 3 is 1.98 bits per heavy atom. The summed E-state index contributed by atoms with van der Waals surface area (Å²) in [7, 11) is 0. The van der Waals surface area contributed by atoms with Crippen molar-refractivity contribution in [3.63, 3.8) is 0 Å². The number of likely N-dealkylation sites (tertiary alicyclic amines) is 2. The zero-order valence-electron chi connectivity index (χ0n) is 24.6. The minimum atomic E-state index is -0.746. The molecule has 0 bridgehead atoms. The summed E-state index contributed by atoms with van der Waals surface area (Å²) in [5.41, 5.74) is 4.04. The van der Waals surface area contributed by atoms with Crippen LogP contribution in [-0.4, -0.2) is 91.3 Å². The maximum Gasteiger partial charge on any atom is 0.410 e. The molecule has 4 atom stereocenters. The third kappa shape index (κ3) is 6.90. The Bertz CT molecular complexity index is 1570. The van der Waals surface area contributed by atoms with Crippen molar-refractivity contribution in [2.24, 2.45) is 5.73 Å². The van der Waals surface area contributed by atoms with E-state index in [9.17, 15) is 28.8 Å². The first kappa shape index (κ1) is 31.0. The molecule has 230 valence electrons. The number of amides is 2. The third-order valence-electron chi connectivity index (χ3n) is 7.76. The van der Waals surface area contributed by atoms with Gasteiger partial charge in [0.05, 0.1) is 24.7 Å². The van der Waals surface area contributed by atoms with Crippen LogP contribution in [0.5, 0.6) is 0 Å². The fourth-order valence-corrected chi connectivity index (χ4v) is 5.62. The molecule has 0 unspecified atom stereocenters. The molecule has 42 heavy (non-hydrogen) atoms. The van der Waals surface area contributed by atoms with Crippen molar-refractivity contribution in [3.8, 4) is 0 Å². The molecule has 2 fully saturated rings. The first-order valence-corrected chi connectivity index (χ1v) is 14.0. The Morgan fingerprint density at radius 1 is 0.929 bits per heavy atom. The van der Waals surface area contributed by atoms with Crippen LogP contribution in [-0.2, 0) is 9.53 Å². The van der Waals surface area contributed by atoms with E-state index < -0.39 is 46.3 Å². The van der Waals surface area contributed by atoms with Crippen LogP contribution in [0.4, 0.5) is 4.79 Å². The highest BCUT2D eigenvalue weighted by Crippen LogP contribution is 2.28. The van der Waals surface area contributed by atoms with Crippen molar-refractivity contribution >= 4 is 12.0 Å². The summed E-state index contributed by atoms with van der Waals surface area (Å²) in [5, 5.41) is 2.90. The molecule has 2 aromatic rings. The highest BCUT2D eigenvalue weighted by molar-refractivity contribution is 5.78. The van der Waals surface area contributed by atoms with Crippen LogP contribution >= 0.6 is 0 Å². The normalized spacial score (nSPS) is 22.9. The van der Waals surface area contributed by atoms with Gasteiger partial charge >= 0.3 is 17.5 Å². The van der Waals surface area contributed by atoms with Crippen LogP contribution < -0.4 is 33.5 Å². The number of nitrogens with zero attached hydrogens (tertiary/aromatic N) is 4. The molecule has 0 aromatic carbocycles. The van der Waals surface area contributed by atoms with E-state index in [1.54, 1.807) is 34.6 Å². The van der Waals surface area contributed by atoms with E-state index in [2.05, 4.69) is 15.3 Å². The summed E-state index contributed by atoms with van der Waals surface area (Å²) in [5.74, 6) is -0.288. The number of hydrogen-bond acceptors (Lipinski definition) is 9. The molecule has 4 rings (SSSR count). The number of rotatable bonds is 7. The molecule has 0 radical (unpaired) electrons. The molecule has 0 saturated carbocycles. The van der Waals surface area contributed by atoms with Gasteiger partial charge in [-0.3, -0.25) is 38.4 Å². The molecule has 2 aliphatic rings. The number of aromatic amines is 2. The zero-order chi connectivity index (χ0) is 30.9. The number of hydrogen-bond donors (Lipinski definition) is 4. The van der Waals surface area contributed by atoms with E-state index in [-0.39, 0.29) is 44.2 Å². The molecular weight excluding hydrogens is 548 g/mol. The van der Waals surface area contributed by atoms with Gasteiger partial charge in [-0.2, -0.15) is 0 Å². The van der Waals surface area contributed by atoms with E-state index in [4.69, 9.17) is 10.5 Å². The van der Waals surface area contributed by atoms with Crippen LogP contribution in [0.1, 0.15) is 56.8 Å². The molecule has 5 N–H and O–H groups in total. The summed E-state index contributed by atoms with van der Waals surface area (Å²) in [6, 6.07) is -1.30. The highest BCUT2D eigenvalue weighted by atomic mass is 16.6. The lowest BCUT2D eigenvalue weighted by molar-refractivity contribution is -0.122. The minimum Gasteiger partial charge on any atom is -0.444 e. The van der Waals surface area contributed by atoms with E-state index >= 15 is 0 Å². The van der Waals surface area contributed by atoms with Crippen molar-refractivity contribution < 1.29 is 14.3 Å². The van der Waals surface area contributed by atoms with E-state index in [0.29, 0.717) is 30.5 Å². The molecular formula is C27H40N8O7. The van der Waals surface area contributed by atoms with Gasteiger partial charge in [-0.15, -0.1) is 0 Å². The van der Waals surface area contributed by atoms with Gasteiger partial charge in [0.1, 0.15) is 5.60 Å². The second kappa shape index (κ2) is 12.1. The van der Waals surface area contributed by atoms with Crippen LogP contribution in [0.25, 0.3) is 0 Å². The molecule has 2 aromatic heterocycles. The SMILES string of the molecule is Cc1cn([C@@H]2C[C@H](CN)N(CC(=O)NC[C@H]3C[C@@H](n4cc(C)c(=O)[nH]c4=O)CN3C(=O)OC(C)(C)C)C2)c(=O)[nH]c1=O. The molecule has 0 spiro atoms. The lowest BCUT2D eigenvalue weighted by Gasteiger charge is -2.29. The highest BCUT2D eigenvalue weighted by Gasteiger charge is 2.39. The molecule has 15 nitrogen and oxygen atoms in total. The van der Waals surface area contributed by atoms with Gasteiger partial charge in [0, 0.05) is 55.7 Å². The van der Waals surface area contributed by atoms with E-state index in [0.717, 1.165) is 0 Å². The molecule has 4 heterocycles. The predicted molar refractivity (Wildman–Crippen MR) is 154 cm³/mol. The second-order valence-electron chi connectivity index (χ2n) is 12.1. The first-order valence-electron chi connectivity index (χ1n) is 14.0. The summed E-state index contributed by atoms with van der Waals surface area (Å²) in [6.45, 7) is 9.47. The fraction of sp³-hybridized carbons (Fsp3) is 0.630. The predicted octanol–water partition coefficient (Wildman–Crippen LogP) is -1.06. The number of aromatic nitrogens is 4. The van der Waals surface area contributed by atoms with Crippen molar-refractivity contribution in [2.75, 3.05) is 32.7 Å². The van der Waals surface area contributed by atoms with Gasteiger partial charge in [0.25, 0.3) is 11.1 Å². The first-order chi connectivity index (χ1) is 19.7. The van der Waals surface area contributed by atoms with Gasteiger partial charge < -0.3 is 20.7 Å². The summed E-state index contributed by atoms with van der Waals surface area (Å²) in [4.78, 5) is 82.8. The van der Waals surface area contributed by atoms with Crippen molar-refractivity contribution in [1.82, 2.24) is 34.2 Å². The third-order valence-corrected chi connectivity index (χ3v) is 7.76. The number of H-pyrrole nitrogens is 2. The Labute approximate surface area is 241 Å². The van der Waals surface area contributed by atoms with Crippen LogP contribution in [0.15, 0.2) is 31.6 Å². The lowest BCUT2D eigenvalue weighted by atomic mass is 10.1. The number of nitrogens with one attached hydrogen (secondary N) is 3. The molecule has 2 amide bonds. The molecule has 0 aliphatic carbocycles. The second-order valence-corrected chi connectivity index (χ2v) is 12.1. The van der Waals surface area contributed by atoms with Crippen LogP contribution in [0.2, 0.25) is 0 Å². The van der Waals surface area contributed by atoms with E-state index in [1.807, 2.05) is 4.90 Å². The Hall–Kier alpha value is -3.98. The Kier molecular flexibility index (Phi) is 8.92. The standard InChI is InChI=1S/C27H40N8O7/c1-15-10-33(24(39)30-22(15)37)19-6-17(8-28)32(12-19)14-21(36)29-9-18-7-20(13-35(18)26(41)42-27(3,4)5)34-11-16(2)23(38)31-25(34)40/h10-11,17-20H,6-9,12-14,28H2,1-5H3,(H,29,36)(H,30,37,39)(H,31,38,40)/t17-,18-,19-,20-/m1/s1. The number of carbonyl (C=O) groups excluding carboxylic acids is 2. The van der Waals surface area contributed by atoms with Gasteiger partial charge in [-0.1, -0.05) is 0 Å². The number of carbonyl (C=O) groups is 2. The molecule has 15 heteroatoms. The van der Waals surface area contributed by atoms with Gasteiger partial charge in [0.2, 0.25) is 5.91 Å². The average Bonchev–Trinajstić information content (AvgIpc) is 3.50. The van der Waals surface area contributed by atoms with Crippen molar-refractivity contribution in [3.05, 3.63) is 65.2 Å². The number of nitrogens with two attached hydrogens (primary N) is 1. The lowest BCUT2D eigenvalue weighted by Crippen LogP contribution is -2.48. The average molecular weight is 589 g/mol. The van der Waals surface area contributed by atoms with Gasteiger partial charge in [-0.25, -0.2) is 14.4 Å². The van der Waals surface area contributed by atoms with E-state index in [1.165, 1.54) is 26.4 Å². The molecule has 2 saturated heterocycles. The monoisotopic (exact) mass is 588 g/mol. The fourth-order valence-electron chi connectivity index (χ4n) is 5.62. The number of ether oxygens (including phenoxy) is 1. The zero-order valence-corrected chi connectivity index (χ0v) is 24.6. The quantitative estimate of drug-likeness (QED) is 0.312. The van der Waals surface area contributed by atoms with Crippen LogP contribution in [0, 0.1) is 13.8 Å². The maximum atomic E-state index is 13.1. The smallest absolute Gasteiger partial charge is 0.410 e. The van der Waals surface area contributed by atoms with Gasteiger partial charge in [0.15, 0.2) is 0 Å². The summed E-state index contributed by atoms with van der Waals surface area (Å²) >= 11 is 0. The maximum absolute atomic E-state index is 13.1. The summed E-state index contributed by atoms with van der Waals surface area (Å²) < 4.78 is 8.48. The minimum absolute atomic E-state index is 0.0244. The molecule has 2 aliphatic heterocycles. The summed E-state index contributed by atoms with van der Waals surface area (Å²) in [6.07, 6.45) is 3.34. The topological polar surface area (TPSA) is 198 Å². The van der Waals surface area contributed by atoms with Crippen molar-refractivity contribution in [1.29, 1.82) is 0 Å². The van der Waals surface area contributed by atoms with Crippen LogP contribution in [0.3, 0.4) is 0 Å². The Morgan fingerprint density at radius 2 is 1.45 bits per heavy atom. The Balaban J connectivity index is 1.45. The van der Waals surface area contributed by atoms with Gasteiger partial charge in [-0.05, 0) is 47.5 Å². The van der Waals surface area contributed by atoms with Crippen molar-refractivity contribution in [2.45, 2.75) is 77.2 Å². The number of aryl methyl sites for hydroxylation is 2. The largest absolute Gasteiger partial charge is 0.444 e.